The van der Waals surface area contributed by atoms with Gasteiger partial charge in [-0.2, -0.15) is 0 Å². The first-order valence-electron chi connectivity index (χ1n) is 3.37. The maximum Gasteiger partial charge on any atom is 0.616 e. The summed E-state index contributed by atoms with van der Waals surface area (Å²) in [5, 5.41) is 2.04. The normalized spacial score (nSPS) is 11.3. The van der Waals surface area contributed by atoms with Gasteiger partial charge >= 0.3 is 9.08 Å². The Bertz CT molecular complexity index is 152. The van der Waals surface area contributed by atoms with Gasteiger partial charge in [0.05, 0.1) is 0 Å². The van der Waals surface area contributed by atoms with Gasteiger partial charge in [-0.05, 0) is 6.42 Å². The van der Waals surface area contributed by atoms with Crippen molar-refractivity contribution in [3.8, 4) is 0 Å². The van der Waals surface area contributed by atoms with Crippen LogP contribution in [-0.4, -0.2) is 27.1 Å². The third-order valence-corrected chi connectivity index (χ3v) is 2.92. The second-order valence-electron chi connectivity index (χ2n) is 2.10. The van der Waals surface area contributed by atoms with Gasteiger partial charge in [-0.3, -0.25) is 4.79 Å². The molecule has 0 aromatic carbocycles. The smallest absolute Gasteiger partial charge is 0.350 e. The molecule has 0 heterocycles. The number of carbonyl (C=O) groups is 1. The predicted octanol–water partition coefficient (Wildman–Crippen LogP) is 2.30. The minimum Gasteiger partial charge on any atom is -0.350 e. The Morgan fingerprint density at radius 1 is 1.50 bits per heavy atom. The van der Waals surface area contributed by atoms with Crippen molar-refractivity contribution in [3.05, 3.63) is 0 Å². The fraction of sp³-hybridized carbons (Fsp3) is 0.800. The highest BCUT2D eigenvalue weighted by Gasteiger charge is 2.35. The van der Waals surface area contributed by atoms with E-state index in [-0.39, 0.29) is 17.4 Å². The number of nitrogens with one attached hydrogen (secondary N) is 1. The average molecular weight is 217 g/mol. The molecule has 12 heavy (non-hydrogen) atoms. The third kappa shape index (κ3) is 7.93. The SMILES string of the molecule is CNC(=O)SCCC[Si](F)(F)F. The highest BCUT2D eigenvalue weighted by Crippen LogP contribution is 2.18. The van der Waals surface area contributed by atoms with Crippen LogP contribution in [0.5, 0.6) is 0 Å². The minimum absolute atomic E-state index is 0.0494. The zero-order chi connectivity index (χ0) is 9.61. The number of rotatable bonds is 4. The van der Waals surface area contributed by atoms with Gasteiger partial charge in [0.2, 0.25) is 0 Å². The van der Waals surface area contributed by atoms with Crippen LogP contribution in [0.4, 0.5) is 17.1 Å². The Morgan fingerprint density at radius 2 is 2.08 bits per heavy atom. The maximum atomic E-state index is 11.7. The molecule has 0 aromatic rings. The van der Waals surface area contributed by atoms with Crippen molar-refractivity contribution >= 4 is 26.1 Å². The first kappa shape index (κ1) is 11.8. The molecule has 0 atom stereocenters. The van der Waals surface area contributed by atoms with Crippen LogP contribution in [0.2, 0.25) is 6.04 Å². The van der Waals surface area contributed by atoms with Crippen LogP contribution in [0.15, 0.2) is 0 Å². The van der Waals surface area contributed by atoms with E-state index in [1.54, 1.807) is 0 Å². The number of thioether (sulfide) groups is 1. The van der Waals surface area contributed by atoms with Crippen molar-refractivity contribution in [2.45, 2.75) is 12.5 Å². The molecule has 0 radical (unpaired) electrons. The van der Waals surface area contributed by atoms with Crippen LogP contribution in [0.3, 0.4) is 0 Å². The quantitative estimate of drug-likeness (QED) is 0.445. The lowest BCUT2D eigenvalue weighted by Crippen LogP contribution is -2.15. The molecule has 0 aromatic heterocycles. The molecule has 0 saturated carbocycles. The topological polar surface area (TPSA) is 29.1 Å². The van der Waals surface area contributed by atoms with Crippen molar-refractivity contribution < 1.29 is 17.1 Å². The van der Waals surface area contributed by atoms with Crippen LogP contribution >= 0.6 is 11.8 Å². The highest BCUT2D eigenvalue weighted by atomic mass is 32.2. The maximum absolute atomic E-state index is 11.7. The first-order chi connectivity index (χ1) is 5.45. The van der Waals surface area contributed by atoms with Gasteiger partial charge in [0.15, 0.2) is 0 Å². The lowest BCUT2D eigenvalue weighted by Gasteiger charge is -2.01. The fourth-order valence-corrected chi connectivity index (χ4v) is 1.96. The molecular weight excluding hydrogens is 207 g/mol. The van der Waals surface area contributed by atoms with E-state index in [1.165, 1.54) is 7.05 Å². The molecule has 0 aliphatic heterocycles. The van der Waals surface area contributed by atoms with Gasteiger partial charge in [0.25, 0.3) is 5.24 Å². The van der Waals surface area contributed by atoms with Gasteiger partial charge in [0, 0.05) is 18.8 Å². The Kier molecular flexibility index (Phi) is 5.39. The van der Waals surface area contributed by atoms with Crippen molar-refractivity contribution in [1.82, 2.24) is 5.32 Å². The van der Waals surface area contributed by atoms with Gasteiger partial charge in [0.1, 0.15) is 0 Å². The van der Waals surface area contributed by atoms with E-state index in [0.29, 0.717) is 0 Å². The van der Waals surface area contributed by atoms with E-state index in [0.717, 1.165) is 11.8 Å². The van der Waals surface area contributed by atoms with Gasteiger partial charge in [-0.1, -0.05) is 11.8 Å². The van der Waals surface area contributed by atoms with E-state index >= 15 is 0 Å². The first-order valence-corrected chi connectivity index (χ1v) is 6.19. The molecule has 0 rings (SSSR count). The third-order valence-electron chi connectivity index (χ3n) is 1.04. The van der Waals surface area contributed by atoms with Gasteiger partial charge in [-0.15, -0.1) is 0 Å². The molecule has 1 amide bonds. The van der Waals surface area contributed by atoms with E-state index in [1.807, 2.05) is 0 Å². The summed E-state index contributed by atoms with van der Waals surface area (Å²) in [7, 11) is -3.93. The van der Waals surface area contributed by atoms with Gasteiger partial charge in [-0.25, -0.2) is 12.3 Å². The predicted molar refractivity (Wildman–Crippen MR) is 45.4 cm³/mol. The molecular formula is C5H10F3NOSSi. The van der Waals surface area contributed by atoms with Crippen LogP contribution in [-0.2, 0) is 0 Å². The molecule has 0 unspecified atom stereocenters. The molecule has 0 aliphatic rings. The molecule has 7 heteroatoms. The Hall–Kier alpha value is -0.173. The van der Waals surface area contributed by atoms with E-state index in [9.17, 15) is 17.1 Å². The van der Waals surface area contributed by atoms with Crippen LogP contribution < -0.4 is 5.32 Å². The van der Waals surface area contributed by atoms with Gasteiger partial charge < -0.3 is 5.32 Å². The fourth-order valence-electron chi connectivity index (χ4n) is 0.510. The number of hydrogen-bond donors (Lipinski definition) is 1. The Balaban J connectivity index is 3.28. The second kappa shape index (κ2) is 5.47. The monoisotopic (exact) mass is 217 g/mol. The van der Waals surface area contributed by atoms with E-state index in [4.69, 9.17) is 0 Å². The zero-order valence-corrected chi connectivity index (χ0v) is 8.39. The molecule has 72 valence electrons. The van der Waals surface area contributed by atoms with Crippen molar-refractivity contribution in [2.24, 2.45) is 0 Å². The minimum atomic E-state index is -5.38. The largest absolute Gasteiger partial charge is 0.616 e. The summed E-state index contributed by atoms with van der Waals surface area (Å²) in [5.41, 5.74) is 0. The lowest BCUT2D eigenvalue weighted by atomic mass is 10.6. The molecule has 2 nitrogen and oxygen atoms in total. The summed E-state index contributed by atoms with van der Waals surface area (Å²) >= 11 is 0.889. The van der Waals surface area contributed by atoms with Crippen molar-refractivity contribution in [1.29, 1.82) is 0 Å². The average Bonchev–Trinajstić information content (AvgIpc) is 1.96. The number of halogens is 3. The molecule has 0 saturated heterocycles. The summed E-state index contributed by atoms with van der Waals surface area (Å²) < 4.78 is 35.1. The van der Waals surface area contributed by atoms with Crippen LogP contribution in [0.1, 0.15) is 6.42 Å². The highest BCUT2D eigenvalue weighted by molar-refractivity contribution is 8.13. The summed E-state index contributed by atoms with van der Waals surface area (Å²) in [6, 6.07) is -0.684. The summed E-state index contributed by atoms with van der Waals surface area (Å²) in [4.78, 5) is 10.5. The molecule has 1 N–H and O–H groups in total. The van der Waals surface area contributed by atoms with Crippen LogP contribution in [0.25, 0.3) is 0 Å². The second-order valence-corrected chi connectivity index (χ2v) is 4.90. The molecule has 0 bridgehead atoms. The van der Waals surface area contributed by atoms with Crippen LogP contribution in [0, 0.1) is 0 Å². The summed E-state index contributed by atoms with van der Waals surface area (Å²) in [5.74, 6) is 0.242. The lowest BCUT2D eigenvalue weighted by molar-refractivity contribution is 0.262. The standard InChI is InChI=1S/C5H10F3NOSSi/c1-9-5(10)11-3-2-4-12(6,7)8/h2-4H2,1H3,(H,9,10). The summed E-state index contributed by atoms with van der Waals surface area (Å²) in [6.45, 7) is 0. The molecule has 0 aliphatic carbocycles. The van der Waals surface area contributed by atoms with Crippen molar-refractivity contribution in [3.63, 3.8) is 0 Å². The molecule has 0 fully saturated rings. The summed E-state index contributed by atoms with van der Waals surface area (Å²) in [6.07, 6.45) is 0.0494. The Labute approximate surface area is 74.4 Å². The Morgan fingerprint density at radius 3 is 2.50 bits per heavy atom. The number of hydrogen-bond acceptors (Lipinski definition) is 2. The number of carbonyl (C=O) groups excluding carboxylic acids is 1. The van der Waals surface area contributed by atoms with Crippen molar-refractivity contribution in [2.75, 3.05) is 12.8 Å². The molecule has 0 spiro atoms. The van der Waals surface area contributed by atoms with E-state index in [2.05, 4.69) is 5.32 Å². The van der Waals surface area contributed by atoms with E-state index < -0.39 is 15.1 Å². The number of amides is 1. The zero-order valence-electron chi connectivity index (χ0n) is 6.57.